The van der Waals surface area contributed by atoms with Crippen LogP contribution in [0, 0.1) is 0 Å². The number of nitrogen functional groups attached to an aromatic ring is 1. The molecule has 0 spiro atoms. The number of aromatic carboxylic acids is 1. The quantitative estimate of drug-likeness (QED) is 0.824. The molecule has 3 N–H and O–H groups in total. The van der Waals surface area contributed by atoms with Crippen LogP contribution >= 0.6 is 11.3 Å². The van der Waals surface area contributed by atoms with E-state index in [0.717, 1.165) is 18.7 Å². The van der Waals surface area contributed by atoms with Crippen molar-refractivity contribution in [2.75, 3.05) is 24.2 Å². The van der Waals surface area contributed by atoms with E-state index in [2.05, 4.69) is 11.4 Å². The largest absolute Gasteiger partial charge is 0.478 e. The molecule has 2 rings (SSSR count). The molecular formula is C14H16N2O2S. The van der Waals surface area contributed by atoms with Gasteiger partial charge in [0.05, 0.1) is 16.9 Å². The number of rotatable bonds is 5. The highest BCUT2D eigenvalue weighted by molar-refractivity contribution is 7.09. The molecule has 1 aromatic heterocycles. The van der Waals surface area contributed by atoms with Crippen LogP contribution in [0.15, 0.2) is 35.7 Å². The van der Waals surface area contributed by atoms with Gasteiger partial charge in [-0.25, -0.2) is 4.79 Å². The van der Waals surface area contributed by atoms with Crippen LogP contribution in [0.3, 0.4) is 0 Å². The van der Waals surface area contributed by atoms with Gasteiger partial charge in [-0.3, -0.25) is 0 Å². The van der Waals surface area contributed by atoms with E-state index in [1.165, 1.54) is 10.9 Å². The zero-order chi connectivity index (χ0) is 13.8. The van der Waals surface area contributed by atoms with Crippen LogP contribution < -0.4 is 10.6 Å². The Kier molecular flexibility index (Phi) is 4.06. The second-order valence-electron chi connectivity index (χ2n) is 4.33. The van der Waals surface area contributed by atoms with Crippen molar-refractivity contribution in [2.45, 2.75) is 6.42 Å². The van der Waals surface area contributed by atoms with E-state index < -0.39 is 5.97 Å². The zero-order valence-electron chi connectivity index (χ0n) is 10.7. The van der Waals surface area contributed by atoms with E-state index in [-0.39, 0.29) is 5.56 Å². The molecule has 0 aliphatic carbocycles. The Morgan fingerprint density at radius 3 is 2.84 bits per heavy atom. The molecule has 2 aromatic rings. The van der Waals surface area contributed by atoms with Crippen LogP contribution in [0.5, 0.6) is 0 Å². The Bertz CT molecular complexity index is 567. The van der Waals surface area contributed by atoms with Crippen molar-refractivity contribution < 1.29 is 9.90 Å². The van der Waals surface area contributed by atoms with Gasteiger partial charge in [0, 0.05) is 18.5 Å². The third kappa shape index (κ3) is 3.26. The molecule has 0 aliphatic rings. The summed E-state index contributed by atoms with van der Waals surface area (Å²) in [5, 5.41) is 11.1. The number of nitrogens with zero attached hydrogens (tertiary/aromatic N) is 1. The van der Waals surface area contributed by atoms with Gasteiger partial charge in [0.1, 0.15) is 0 Å². The molecule has 4 nitrogen and oxygen atoms in total. The summed E-state index contributed by atoms with van der Waals surface area (Å²) in [6.45, 7) is 0.799. The minimum atomic E-state index is -0.937. The number of anilines is 2. The summed E-state index contributed by atoms with van der Waals surface area (Å²) < 4.78 is 0. The van der Waals surface area contributed by atoms with Crippen molar-refractivity contribution in [3.05, 3.63) is 46.2 Å². The van der Waals surface area contributed by atoms with Gasteiger partial charge in [0.15, 0.2) is 0 Å². The van der Waals surface area contributed by atoms with Gasteiger partial charge in [0.25, 0.3) is 0 Å². The first-order valence-corrected chi connectivity index (χ1v) is 6.82. The molecule has 0 amide bonds. The molecule has 5 heteroatoms. The summed E-state index contributed by atoms with van der Waals surface area (Å²) in [6, 6.07) is 8.90. The Morgan fingerprint density at radius 1 is 1.42 bits per heavy atom. The lowest BCUT2D eigenvalue weighted by Crippen LogP contribution is -2.21. The number of hydrogen-bond donors (Lipinski definition) is 2. The normalized spacial score (nSPS) is 10.4. The third-order valence-corrected chi connectivity index (χ3v) is 3.90. The predicted molar refractivity (Wildman–Crippen MR) is 79.1 cm³/mol. The Hall–Kier alpha value is -2.01. The number of likely N-dealkylation sites (N-methyl/N-ethyl adjacent to an activating group) is 1. The maximum absolute atomic E-state index is 11.0. The monoisotopic (exact) mass is 276 g/mol. The first-order chi connectivity index (χ1) is 9.08. The number of carbonyl (C=O) groups is 1. The maximum Gasteiger partial charge on any atom is 0.335 e. The second-order valence-corrected chi connectivity index (χ2v) is 5.36. The van der Waals surface area contributed by atoms with E-state index in [1.807, 2.05) is 18.0 Å². The minimum absolute atomic E-state index is 0.257. The zero-order valence-corrected chi connectivity index (χ0v) is 11.5. The molecule has 100 valence electrons. The van der Waals surface area contributed by atoms with Crippen LogP contribution in [0.25, 0.3) is 0 Å². The molecule has 1 heterocycles. The highest BCUT2D eigenvalue weighted by Crippen LogP contribution is 2.24. The van der Waals surface area contributed by atoms with Gasteiger partial charge < -0.3 is 15.7 Å². The smallest absolute Gasteiger partial charge is 0.335 e. The number of carboxylic acid groups (broad SMARTS) is 1. The van der Waals surface area contributed by atoms with Crippen molar-refractivity contribution >= 4 is 28.7 Å². The lowest BCUT2D eigenvalue weighted by atomic mass is 10.1. The maximum atomic E-state index is 11.0. The van der Waals surface area contributed by atoms with Crippen LogP contribution in [-0.4, -0.2) is 24.7 Å². The number of benzene rings is 1. The van der Waals surface area contributed by atoms with Crippen LogP contribution in [0.4, 0.5) is 11.4 Å². The average Bonchev–Trinajstić information content (AvgIpc) is 2.89. The molecule has 0 aliphatic heterocycles. The molecule has 0 saturated carbocycles. The molecular weight excluding hydrogens is 260 g/mol. The van der Waals surface area contributed by atoms with Crippen molar-refractivity contribution in [1.82, 2.24) is 0 Å². The predicted octanol–water partition coefficient (Wildman–Crippen LogP) is 2.71. The van der Waals surface area contributed by atoms with Gasteiger partial charge >= 0.3 is 5.97 Å². The Balaban J connectivity index is 2.11. The fraction of sp³-hybridized carbons (Fsp3) is 0.214. The first-order valence-electron chi connectivity index (χ1n) is 5.94. The van der Waals surface area contributed by atoms with Gasteiger partial charge in [-0.15, -0.1) is 11.3 Å². The van der Waals surface area contributed by atoms with E-state index >= 15 is 0 Å². The van der Waals surface area contributed by atoms with Crippen LogP contribution in [0.1, 0.15) is 15.2 Å². The Morgan fingerprint density at radius 2 is 2.21 bits per heavy atom. The highest BCUT2D eigenvalue weighted by Gasteiger charge is 2.10. The van der Waals surface area contributed by atoms with Gasteiger partial charge in [-0.05, 0) is 36.1 Å². The lowest BCUT2D eigenvalue weighted by molar-refractivity contribution is 0.0697. The summed E-state index contributed by atoms with van der Waals surface area (Å²) in [5.74, 6) is -0.937. The molecule has 0 radical (unpaired) electrons. The van der Waals surface area contributed by atoms with E-state index in [9.17, 15) is 4.79 Å². The molecule has 0 saturated heterocycles. The number of carboxylic acids is 1. The molecule has 0 fully saturated rings. The number of thiophene rings is 1. The lowest BCUT2D eigenvalue weighted by Gasteiger charge is -2.21. The van der Waals surface area contributed by atoms with E-state index in [0.29, 0.717) is 5.69 Å². The summed E-state index contributed by atoms with van der Waals surface area (Å²) >= 11 is 1.72. The summed E-state index contributed by atoms with van der Waals surface area (Å²) in [7, 11) is 1.92. The van der Waals surface area contributed by atoms with Crippen molar-refractivity contribution in [1.29, 1.82) is 0 Å². The minimum Gasteiger partial charge on any atom is -0.478 e. The van der Waals surface area contributed by atoms with Crippen LogP contribution in [-0.2, 0) is 6.42 Å². The fourth-order valence-electron chi connectivity index (χ4n) is 1.86. The highest BCUT2D eigenvalue weighted by atomic mass is 32.1. The van der Waals surface area contributed by atoms with Crippen molar-refractivity contribution in [3.63, 3.8) is 0 Å². The summed E-state index contributed by atoms with van der Waals surface area (Å²) in [5.41, 5.74) is 7.52. The average molecular weight is 276 g/mol. The first kappa shape index (κ1) is 13.4. The number of nitrogens with two attached hydrogens (primary N) is 1. The van der Waals surface area contributed by atoms with E-state index in [1.54, 1.807) is 23.5 Å². The van der Waals surface area contributed by atoms with Gasteiger partial charge in [0.2, 0.25) is 0 Å². The number of hydrogen-bond acceptors (Lipinski definition) is 4. The van der Waals surface area contributed by atoms with Gasteiger partial charge in [-0.1, -0.05) is 6.07 Å². The Labute approximate surface area is 116 Å². The molecule has 0 unspecified atom stereocenters. The van der Waals surface area contributed by atoms with E-state index in [4.69, 9.17) is 10.8 Å². The molecule has 0 atom stereocenters. The fourth-order valence-corrected chi connectivity index (χ4v) is 2.56. The summed E-state index contributed by atoms with van der Waals surface area (Å²) in [6.07, 6.45) is 0.922. The second kappa shape index (κ2) is 5.75. The SMILES string of the molecule is CN(CCc1cccs1)c1cc(C(=O)O)ccc1N. The molecule has 19 heavy (non-hydrogen) atoms. The van der Waals surface area contributed by atoms with Crippen molar-refractivity contribution in [3.8, 4) is 0 Å². The summed E-state index contributed by atoms with van der Waals surface area (Å²) in [4.78, 5) is 14.3. The van der Waals surface area contributed by atoms with Crippen molar-refractivity contribution in [2.24, 2.45) is 0 Å². The van der Waals surface area contributed by atoms with Crippen LogP contribution in [0.2, 0.25) is 0 Å². The standard InChI is InChI=1S/C14H16N2O2S/c1-16(7-6-11-3-2-8-19-11)13-9-10(14(17)18)4-5-12(13)15/h2-5,8-9H,6-7,15H2,1H3,(H,17,18). The third-order valence-electron chi connectivity index (χ3n) is 2.96. The van der Waals surface area contributed by atoms with Gasteiger partial charge in [-0.2, -0.15) is 0 Å². The molecule has 0 bridgehead atoms. The molecule has 1 aromatic carbocycles. The topological polar surface area (TPSA) is 66.6 Å².